The summed E-state index contributed by atoms with van der Waals surface area (Å²) in [5.41, 5.74) is 5.26. The highest BCUT2D eigenvalue weighted by Gasteiger charge is 2.01. The fraction of sp³-hybridized carbons (Fsp3) is 0. The van der Waals surface area contributed by atoms with E-state index in [1.54, 1.807) is 0 Å². The second kappa shape index (κ2) is 2.82. The number of nitrogens with two attached hydrogens (primary N) is 1. The molecule has 1 aromatic rings. The van der Waals surface area contributed by atoms with E-state index in [1.807, 2.05) is 0 Å². The number of nitrogen functional groups attached to an aromatic ring is 1. The number of amides is 1. The Morgan fingerprint density at radius 3 is 3.00 bits per heavy atom. The Bertz CT molecular complexity index is 275. The van der Waals surface area contributed by atoms with Crippen LogP contribution in [0.25, 0.3) is 0 Å². The number of nitrogens with zero attached hydrogens (tertiary/aromatic N) is 2. The van der Waals surface area contributed by atoms with Crippen molar-refractivity contribution >= 4 is 18.0 Å². The van der Waals surface area contributed by atoms with Crippen molar-refractivity contribution in [2.24, 2.45) is 0 Å². The van der Waals surface area contributed by atoms with Crippen LogP contribution in [-0.4, -0.2) is 21.5 Å². The molecule has 0 saturated heterocycles. The van der Waals surface area contributed by atoms with Crippen molar-refractivity contribution in [2.45, 2.75) is 0 Å². The molecular weight excluding hydrogens is 148 g/mol. The molecule has 11 heavy (non-hydrogen) atoms. The van der Waals surface area contributed by atoms with Crippen LogP contribution in [0.5, 0.6) is 5.88 Å². The van der Waals surface area contributed by atoms with Crippen molar-refractivity contribution in [3.8, 4) is 5.88 Å². The first-order valence-electron chi connectivity index (χ1n) is 2.75. The number of anilines is 2. The smallest absolute Gasteiger partial charge is 0.240 e. The highest BCUT2D eigenvalue weighted by Crippen LogP contribution is 2.17. The van der Waals surface area contributed by atoms with Crippen molar-refractivity contribution in [3.05, 3.63) is 6.20 Å². The molecule has 58 valence electrons. The number of aromatic nitrogens is 2. The van der Waals surface area contributed by atoms with E-state index in [-0.39, 0.29) is 17.5 Å². The molecule has 6 heteroatoms. The summed E-state index contributed by atoms with van der Waals surface area (Å²) in [7, 11) is 0. The average molecular weight is 154 g/mol. The third kappa shape index (κ3) is 1.54. The van der Waals surface area contributed by atoms with Gasteiger partial charge in [-0.05, 0) is 0 Å². The van der Waals surface area contributed by atoms with Gasteiger partial charge in [0.05, 0.1) is 6.20 Å². The highest BCUT2D eigenvalue weighted by atomic mass is 16.3. The predicted molar refractivity (Wildman–Crippen MR) is 37.8 cm³/mol. The number of nitrogens with one attached hydrogen (secondary N) is 1. The molecule has 0 spiro atoms. The lowest BCUT2D eigenvalue weighted by molar-refractivity contribution is -0.105. The summed E-state index contributed by atoms with van der Waals surface area (Å²) in [5, 5.41) is 11.2. The molecule has 0 atom stereocenters. The van der Waals surface area contributed by atoms with E-state index >= 15 is 0 Å². The van der Waals surface area contributed by atoms with Crippen LogP contribution < -0.4 is 11.1 Å². The lowest BCUT2D eigenvalue weighted by atomic mass is 10.5. The summed E-state index contributed by atoms with van der Waals surface area (Å²) in [4.78, 5) is 16.8. The molecular formula is C5H6N4O2. The van der Waals surface area contributed by atoms with Gasteiger partial charge in [0.25, 0.3) is 0 Å². The first kappa shape index (κ1) is 7.26. The number of carbonyl (C=O) groups is 1. The van der Waals surface area contributed by atoms with Gasteiger partial charge in [-0.15, -0.1) is 0 Å². The molecule has 1 aromatic heterocycles. The molecule has 1 rings (SSSR count). The number of hydrogen-bond donors (Lipinski definition) is 3. The third-order valence-corrected chi connectivity index (χ3v) is 1.00. The van der Waals surface area contributed by atoms with Crippen LogP contribution in [0.3, 0.4) is 0 Å². The standard InChI is InChI=1S/C5H6N4O2/c6-5-7-1-3(8-2-10)4(11)9-5/h1-2H,(H,8,10)(H3,6,7,9,11). The normalized spacial score (nSPS) is 9.09. The molecule has 6 nitrogen and oxygen atoms in total. The maximum absolute atomic E-state index is 9.90. The lowest BCUT2D eigenvalue weighted by Gasteiger charge is -1.99. The van der Waals surface area contributed by atoms with E-state index in [0.717, 1.165) is 0 Å². The fourth-order valence-electron chi connectivity index (χ4n) is 0.551. The van der Waals surface area contributed by atoms with Crippen molar-refractivity contribution in [3.63, 3.8) is 0 Å². The van der Waals surface area contributed by atoms with E-state index < -0.39 is 0 Å². The Morgan fingerprint density at radius 2 is 2.45 bits per heavy atom. The summed E-state index contributed by atoms with van der Waals surface area (Å²) < 4.78 is 0. The zero-order valence-corrected chi connectivity index (χ0v) is 5.48. The first-order valence-corrected chi connectivity index (χ1v) is 2.75. The van der Waals surface area contributed by atoms with Crippen LogP contribution in [0.15, 0.2) is 6.20 Å². The molecule has 4 N–H and O–H groups in total. The summed E-state index contributed by atoms with van der Waals surface area (Å²) in [6, 6.07) is 0. The lowest BCUT2D eigenvalue weighted by Crippen LogP contribution is -1.99. The first-order chi connectivity index (χ1) is 5.24. The van der Waals surface area contributed by atoms with Gasteiger partial charge in [0.15, 0.2) is 0 Å². The summed E-state index contributed by atoms with van der Waals surface area (Å²) in [6.45, 7) is 0. The fourth-order valence-corrected chi connectivity index (χ4v) is 0.551. The van der Waals surface area contributed by atoms with Gasteiger partial charge in [-0.25, -0.2) is 4.98 Å². The van der Waals surface area contributed by atoms with Gasteiger partial charge in [-0.2, -0.15) is 4.98 Å². The SMILES string of the molecule is Nc1ncc(NC=O)c(O)n1. The summed E-state index contributed by atoms with van der Waals surface area (Å²) in [5.74, 6) is -0.386. The topological polar surface area (TPSA) is 101 Å². The van der Waals surface area contributed by atoms with E-state index in [9.17, 15) is 4.79 Å². The average Bonchev–Trinajstić information content (AvgIpc) is 1.95. The highest BCUT2D eigenvalue weighted by molar-refractivity contribution is 5.73. The van der Waals surface area contributed by atoms with Crippen molar-refractivity contribution in [2.75, 3.05) is 11.1 Å². The molecule has 0 aliphatic rings. The summed E-state index contributed by atoms with van der Waals surface area (Å²) in [6.07, 6.45) is 1.63. The quantitative estimate of drug-likeness (QED) is 0.490. The molecule has 1 amide bonds. The maximum Gasteiger partial charge on any atom is 0.240 e. The molecule has 0 aromatic carbocycles. The van der Waals surface area contributed by atoms with Gasteiger partial charge in [-0.3, -0.25) is 4.79 Å². The Hall–Kier alpha value is -1.85. The minimum absolute atomic E-state index is 0.0426. The largest absolute Gasteiger partial charge is 0.492 e. The molecule has 1 heterocycles. The zero-order valence-electron chi connectivity index (χ0n) is 5.48. The van der Waals surface area contributed by atoms with E-state index in [1.165, 1.54) is 6.20 Å². The predicted octanol–water partition coefficient (Wildman–Crippen LogP) is -0.667. The molecule has 0 aliphatic carbocycles. The Kier molecular flexibility index (Phi) is 1.86. The van der Waals surface area contributed by atoms with Crippen LogP contribution in [0.2, 0.25) is 0 Å². The second-order valence-corrected chi connectivity index (χ2v) is 1.73. The Morgan fingerprint density at radius 1 is 1.73 bits per heavy atom. The minimum atomic E-state index is -0.343. The Balaban J connectivity index is 2.98. The van der Waals surface area contributed by atoms with Crippen LogP contribution in [-0.2, 0) is 4.79 Å². The van der Waals surface area contributed by atoms with Crippen LogP contribution in [0.1, 0.15) is 0 Å². The van der Waals surface area contributed by atoms with Gasteiger partial charge in [-0.1, -0.05) is 0 Å². The number of rotatable bonds is 2. The van der Waals surface area contributed by atoms with Crippen molar-refractivity contribution in [1.82, 2.24) is 9.97 Å². The van der Waals surface area contributed by atoms with Gasteiger partial charge >= 0.3 is 0 Å². The Labute approximate surface area is 62.1 Å². The molecule has 0 bridgehead atoms. The van der Waals surface area contributed by atoms with Gasteiger partial charge in [0, 0.05) is 0 Å². The zero-order chi connectivity index (χ0) is 8.27. The maximum atomic E-state index is 9.90. The van der Waals surface area contributed by atoms with Crippen LogP contribution in [0.4, 0.5) is 11.6 Å². The summed E-state index contributed by atoms with van der Waals surface area (Å²) >= 11 is 0. The van der Waals surface area contributed by atoms with Crippen molar-refractivity contribution in [1.29, 1.82) is 0 Å². The number of hydrogen-bond acceptors (Lipinski definition) is 5. The van der Waals surface area contributed by atoms with Gasteiger partial charge in [0.1, 0.15) is 5.69 Å². The molecule has 0 radical (unpaired) electrons. The van der Waals surface area contributed by atoms with E-state index in [4.69, 9.17) is 10.8 Å². The second-order valence-electron chi connectivity index (χ2n) is 1.73. The van der Waals surface area contributed by atoms with Gasteiger partial charge < -0.3 is 16.2 Å². The van der Waals surface area contributed by atoms with Gasteiger partial charge in [0.2, 0.25) is 18.2 Å². The number of carbonyl (C=O) groups excluding carboxylic acids is 1. The van der Waals surface area contributed by atoms with Crippen LogP contribution in [0, 0.1) is 0 Å². The minimum Gasteiger partial charge on any atom is -0.492 e. The molecule has 0 aliphatic heterocycles. The molecule has 0 unspecified atom stereocenters. The number of aromatic hydroxyl groups is 1. The molecule has 0 fully saturated rings. The molecule has 0 saturated carbocycles. The van der Waals surface area contributed by atoms with E-state index in [2.05, 4.69) is 15.3 Å². The monoisotopic (exact) mass is 154 g/mol. The van der Waals surface area contributed by atoms with Crippen molar-refractivity contribution < 1.29 is 9.90 Å². The van der Waals surface area contributed by atoms with Crippen LogP contribution >= 0.6 is 0 Å². The van der Waals surface area contributed by atoms with E-state index in [0.29, 0.717) is 6.41 Å². The third-order valence-electron chi connectivity index (χ3n) is 1.00.